The molecule has 0 radical (unpaired) electrons. The summed E-state index contributed by atoms with van der Waals surface area (Å²) in [6.07, 6.45) is 0. The van der Waals surface area contributed by atoms with E-state index in [1.807, 2.05) is 0 Å². The highest BCUT2D eigenvalue weighted by atomic mass is 35.5. The summed E-state index contributed by atoms with van der Waals surface area (Å²) >= 11 is 11.4. The average molecular weight is 310 g/mol. The molecule has 102 valence electrons. The standard InChI is InChI=1S/C12H17Cl2NO2S/c1-9(7-13)8-18(16,17)15-10(2)11-3-5-12(14)6-4-11/h3-6,9-10,15H,7-8H2,1-2H3/t9?,10-/m0/s1. The molecule has 0 aliphatic heterocycles. The van der Waals surface area contributed by atoms with Crippen molar-refractivity contribution in [1.82, 2.24) is 4.72 Å². The van der Waals surface area contributed by atoms with Gasteiger partial charge in [0.05, 0.1) is 5.75 Å². The fraction of sp³-hybridized carbons (Fsp3) is 0.500. The van der Waals surface area contributed by atoms with Crippen molar-refractivity contribution in [2.24, 2.45) is 5.92 Å². The van der Waals surface area contributed by atoms with E-state index >= 15 is 0 Å². The van der Waals surface area contributed by atoms with Gasteiger partial charge in [0.25, 0.3) is 0 Å². The van der Waals surface area contributed by atoms with E-state index in [1.54, 1.807) is 38.1 Å². The lowest BCUT2D eigenvalue weighted by Gasteiger charge is -2.16. The molecular weight excluding hydrogens is 293 g/mol. The molecule has 0 amide bonds. The Morgan fingerprint density at radius 3 is 2.28 bits per heavy atom. The van der Waals surface area contributed by atoms with E-state index in [0.717, 1.165) is 5.56 Å². The van der Waals surface area contributed by atoms with Crippen LogP contribution in [-0.2, 0) is 10.0 Å². The molecule has 1 unspecified atom stereocenters. The third-order valence-corrected chi connectivity index (χ3v) is 4.99. The molecule has 0 heterocycles. The van der Waals surface area contributed by atoms with Gasteiger partial charge in [0.15, 0.2) is 0 Å². The third-order valence-electron chi connectivity index (χ3n) is 2.49. The minimum absolute atomic E-state index is 0.0361. The number of benzene rings is 1. The zero-order chi connectivity index (χ0) is 13.8. The van der Waals surface area contributed by atoms with Gasteiger partial charge in [0.2, 0.25) is 10.0 Å². The molecule has 1 rings (SSSR count). The van der Waals surface area contributed by atoms with Crippen molar-refractivity contribution in [2.45, 2.75) is 19.9 Å². The predicted molar refractivity (Wildman–Crippen MR) is 76.7 cm³/mol. The third kappa shape index (κ3) is 5.14. The second-order valence-electron chi connectivity index (χ2n) is 4.43. The number of hydrogen-bond acceptors (Lipinski definition) is 2. The van der Waals surface area contributed by atoms with Gasteiger partial charge in [-0.1, -0.05) is 30.7 Å². The van der Waals surface area contributed by atoms with Crippen LogP contribution in [0.3, 0.4) is 0 Å². The first-order valence-corrected chi connectivity index (χ1v) is 8.22. The van der Waals surface area contributed by atoms with Gasteiger partial charge in [0.1, 0.15) is 0 Å². The molecule has 0 aliphatic carbocycles. The number of hydrogen-bond donors (Lipinski definition) is 1. The Labute approximate surface area is 119 Å². The van der Waals surface area contributed by atoms with Crippen LogP contribution in [-0.4, -0.2) is 20.1 Å². The summed E-state index contributed by atoms with van der Waals surface area (Å²) in [5.41, 5.74) is 0.876. The van der Waals surface area contributed by atoms with Gasteiger partial charge in [0, 0.05) is 16.9 Å². The summed E-state index contributed by atoms with van der Waals surface area (Å²) in [5.74, 6) is 0.298. The van der Waals surface area contributed by atoms with Crippen molar-refractivity contribution in [2.75, 3.05) is 11.6 Å². The van der Waals surface area contributed by atoms with Crippen LogP contribution in [0.1, 0.15) is 25.5 Å². The van der Waals surface area contributed by atoms with E-state index in [0.29, 0.717) is 10.9 Å². The van der Waals surface area contributed by atoms with Crippen molar-refractivity contribution >= 4 is 33.2 Å². The SMILES string of the molecule is CC(CCl)CS(=O)(=O)N[C@@H](C)c1ccc(Cl)cc1. The second kappa shape index (κ2) is 6.75. The average Bonchev–Trinajstić information content (AvgIpc) is 2.28. The van der Waals surface area contributed by atoms with Crippen LogP contribution in [0.5, 0.6) is 0 Å². The molecule has 2 atom stereocenters. The summed E-state index contributed by atoms with van der Waals surface area (Å²) in [6.45, 7) is 3.60. The number of rotatable bonds is 6. The van der Waals surface area contributed by atoms with E-state index in [2.05, 4.69) is 4.72 Å². The summed E-state index contributed by atoms with van der Waals surface area (Å²) < 4.78 is 26.3. The number of halogens is 2. The fourth-order valence-corrected chi connectivity index (χ4v) is 3.56. The smallest absolute Gasteiger partial charge is 0.212 e. The molecule has 0 bridgehead atoms. The molecular formula is C12H17Cl2NO2S. The summed E-state index contributed by atoms with van der Waals surface area (Å²) in [6, 6.07) is 6.81. The maximum absolute atomic E-state index is 11.9. The lowest BCUT2D eigenvalue weighted by Crippen LogP contribution is -2.31. The van der Waals surface area contributed by atoms with Crippen molar-refractivity contribution in [3.8, 4) is 0 Å². The van der Waals surface area contributed by atoms with Crippen LogP contribution >= 0.6 is 23.2 Å². The van der Waals surface area contributed by atoms with E-state index in [-0.39, 0.29) is 17.7 Å². The molecule has 6 heteroatoms. The Morgan fingerprint density at radius 1 is 1.22 bits per heavy atom. The molecule has 0 spiro atoms. The van der Waals surface area contributed by atoms with Crippen LogP contribution in [0, 0.1) is 5.92 Å². The van der Waals surface area contributed by atoms with E-state index < -0.39 is 10.0 Å². The normalized spacial score (nSPS) is 15.3. The van der Waals surface area contributed by atoms with Crippen molar-refractivity contribution in [3.63, 3.8) is 0 Å². The second-order valence-corrected chi connectivity index (χ2v) is 6.98. The number of nitrogens with one attached hydrogen (secondary N) is 1. The van der Waals surface area contributed by atoms with Gasteiger partial charge in [-0.25, -0.2) is 13.1 Å². The zero-order valence-electron chi connectivity index (χ0n) is 10.4. The first-order valence-electron chi connectivity index (χ1n) is 5.65. The topological polar surface area (TPSA) is 46.2 Å². The molecule has 18 heavy (non-hydrogen) atoms. The zero-order valence-corrected chi connectivity index (χ0v) is 12.7. The van der Waals surface area contributed by atoms with Gasteiger partial charge in [-0.3, -0.25) is 0 Å². The van der Waals surface area contributed by atoms with Crippen LogP contribution < -0.4 is 4.72 Å². The van der Waals surface area contributed by atoms with Crippen LogP contribution in [0.25, 0.3) is 0 Å². The first-order chi connectivity index (χ1) is 8.34. The highest BCUT2D eigenvalue weighted by molar-refractivity contribution is 7.89. The quantitative estimate of drug-likeness (QED) is 0.820. The summed E-state index contributed by atoms with van der Waals surface area (Å²) in [7, 11) is -3.32. The Hall–Kier alpha value is -0.290. The Kier molecular flexibility index (Phi) is 5.92. The van der Waals surface area contributed by atoms with Crippen molar-refractivity contribution in [1.29, 1.82) is 0 Å². The molecule has 0 saturated carbocycles. The predicted octanol–water partition coefficient (Wildman–Crippen LogP) is 3.20. The Bertz CT molecular complexity index is 473. The number of alkyl halides is 1. The lowest BCUT2D eigenvalue weighted by atomic mass is 10.1. The monoisotopic (exact) mass is 309 g/mol. The van der Waals surface area contributed by atoms with E-state index in [1.165, 1.54) is 0 Å². The van der Waals surface area contributed by atoms with Gasteiger partial charge < -0.3 is 0 Å². The van der Waals surface area contributed by atoms with Crippen LogP contribution in [0.4, 0.5) is 0 Å². The molecule has 1 aromatic rings. The van der Waals surface area contributed by atoms with Gasteiger partial charge in [-0.15, -0.1) is 11.6 Å². The van der Waals surface area contributed by atoms with Crippen LogP contribution in [0.2, 0.25) is 5.02 Å². The number of sulfonamides is 1. The highest BCUT2D eigenvalue weighted by Crippen LogP contribution is 2.17. The maximum Gasteiger partial charge on any atom is 0.212 e. The highest BCUT2D eigenvalue weighted by Gasteiger charge is 2.18. The molecule has 0 saturated heterocycles. The van der Waals surface area contributed by atoms with Gasteiger partial charge in [-0.05, 0) is 30.5 Å². The molecule has 0 aromatic heterocycles. The Balaban J connectivity index is 2.69. The molecule has 1 N–H and O–H groups in total. The van der Waals surface area contributed by atoms with Gasteiger partial charge >= 0.3 is 0 Å². The van der Waals surface area contributed by atoms with Crippen molar-refractivity contribution in [3.05, 3.63) is 34.9 Å². The molecule has 0 fully saturated rings. The molecule has 1 aromatic carbocycles. The largest absolute Gasteiger partial charge is 0.212 e. The molecule has 3 nitrogen and oxygen atoms in total. The van der Waals surface area contributed by atoms with Crippen molar-refractivity contribution < 1.29 is 8.42 Å². The van der Waals surface area contributed by atoms with Gasteiger partial charge in [-0.2, -0.15) is 0 Å². The summed E-state index contributed by atoms with van der Waals surface area (Å²) in [4.78, 5) is 0. The maximum atomic E-state index is 11.9. The Morgan fingerprint density at radius 2 is 1.78 bits per heavy atom. The summed E-state index contributed by atoms with van der Waals surface area (Å²) in [5, 5.41) is 0.629. The van der Waals surface area contributed by atoms with E-state index in [9.17, 15) is 8.42 Å². The van der Waals surface area contributed by atoms with E-state index in [4.69, 9.17) is 23.2 Å². The fourth-order valence-electron chi connectivity index (χ4n) is 1.56. The molecule has 0 aliphatic rings. The minimum atomic E-state index is -3.32. The lowest BCUT2D eigenvalue weighted by molar-refractivity contribution is 0.555. The minimum Gasteiger partial charge on any atom is -0.212 e. The first kappa shape index (κ1) is 15.8. The van der Waals surface area contributed by atoms with Crippen LogP contribution in [0.15, 0.2) is 24.3 Å².